The molecule has 0 bridgehead atoms. The second-order valence-electron chi connectivity index (χ2n) is 4.42. The molecule has 0 saturated carbocycles. The molecular formula is C14H15BrClN3O. The van der Waals surface area contributed by atoms with Gasteiger partial charge in [0.15, 0.2) is 0 Å². The lowest BCUT2D eigenvalue weighted by molar-refractivity contribution is -0.118. The average molecular weight is 357 g/mol. The molecule has 1 aromatic heterocycles. The Morgan fingerprint density at radius 3 is 2.90 bits per heavy atom. The molecule has 6 heteroatoms. The maximum Gasteiger partial charge on any atom is 0.216 e. The molecular weight excluding hydrogens is 342 g/mol. The smallest absolute Gasteiger partial charge is 0.216 e. The minimum atomic E-state index is -0.00816. The first-order valence-electron chi connectivity index (χ1n) is 6.30. The number of benzene rings is 1. The maximum atomic E-state index is 10.7. The van der Waals surface area contributed by atoms with Gasteiger partial charge in [-0.05, 0) is 30.7 Å². The highest BCUT2D eigenvalue weighted by molar-refractivity contribution is 9.10. The molecule has 0 unspecified atom stereocenters. The number of fused-ring (bicyclic) bond motifs is 1. The predicted octanol–water partition coefficient (Wildman–Crippen LogP) is 3.59. The number of amides is 1. The van der Waals surface area contributed by atoms with Gasteiger partial charge in [0.25, 0.3) is 0 Å². The van der Waals surface area contributed by atoms with Gasteiger partial charge >= 0.3 is 0 Å². The van der Waals surface area contributed by atoms with Gasteiger partial charge < -0.3 is 10.6 Å². The van der Waals surface area contributed by atoms with Crippen molar-refractivity contribution >= 4 is 50.2 Å². The van der Waals surface area contributed by atoms with E-state index < -0.39 is 0 Å². The van der Waals surface area contributed by atoms with Crippen LogP contribution in [0.25, 0.3) is 10.9 Å². The molecule has 2 aromatic rings. The SMILES string of the molecule is CC(=O)NCCCNc1ccc2cc(Br)cc(Cl)c2n1. The van der Waals surface area contributed by atoms with Gasteiger partial charge in [0.05, 0.1) is 10.5 Å². The standard InChI is InChI=1S/C14H15BrClN3O/c1-9(20)17-5-2-6-18-13-4-3-10-7-11(15)8-12(16)14(10)19-13/h3-4,7-8H,2,5-6H2,1H3,(H,17,20)(H,18,19). The molecule has 1 amide bonds. The number of carbonyl (C=O) groups excluding carboxylic acids is 1. The largest absolute Gasteiger partial charge is 0.370 e. The van der Waals surface area contributed by atoms with Crippen LogP contribution in [-0.4, -0.2) is 24.0 Å². The van der Waals surface area contributed by atoms with E-state index in [-0.39, 0.29) is 5.91 Å². The van der Waals surface area contributed by atoms with Gasteiger partial charge in [0.1, 0.15) is 5.82 Å². The summed E-state index contributed by atoms with van der Waals surface area (Å²) < 4.78 is 0.938. The molecule has 20 heavy (non-hydrogen) atoms. The van der Waals surface area contributed by atoms with Crippen LogP contribution in [0, 0.1) is 0 Å². The van der Waals surface area contributed by atoms with Gasteiger partial charge in [-0.25, -0.2) is 4.98 Å². The van der Waals surface area contributed by atoms with Crippen LogP contribution < -0.4 is 10.6 Å². The van der Waals surface area contributed by atoms with Gasteiger partial charge in [-0.1, -0.05) is 27.5 Å². The molecule has 0 fully saturated rings. The third-order valence-electron chi connectivity index (χ3n) is 2.74. The summed E-state index contributed by atoms with van der Waals surface area (Å²) in [5, 5.41) is 7.59. The molecule has 2 rings (SSSR count). The summed E-state index contributed by atoms with van der Waals surface area (Å²) in [4.78, 5) is 15.2. The van der Waals surface area contributed by atoms with Crippen LogP contribution in [0.1, 0.15) is 13.3 Å². The van der Waals surface area contributed by atoms with Crippen LogP contribution in [0.2, 0.25) is 5.02 Å². The number of rotatable bonds is 5. The zero-order valence-corrected chi connectivity index (χ0v) is 13.4. The molecule has 0 aliphatic carbocycles. The van der Waals surface area contributed by atoms with Crippen molar-refractivity contribution in [1.82, 2.24) is 10.3 Å². The fraction of sp³-hybridized carbons (Fsp3) is 0.286. The minimum Gasteiger partial charge on any atom is -0.370 e. The van der Waals surface area contributed by atoms with E-state index in [4.69, 9.17) is 11.6 Å². The van der Waals surface area contributed by atoms with Gasteiger partial charge in [-0.2, -0.15) is 0 Å². The van der Waals surface area contributed by atoms with Crippen LogP contribution in [0.15, 0.2) is 28.7 Å². The topological polar surface area (TPSA) is 54.0 Å². The van der Waals surface area contributed by atoms with Crippen molar-refractivity contribution in [1.29, 1.82) is 0 Å². The molecule has 0 aliphatic rings. The highest BCUT2D eigenvalue weighted by Crippen LogP contribution is 2.27. The number of pyridine rings is 1. The molecule has 1 aromatic carbocycles. The Morgan fingerprint density at radius 2 is 2.15 bits per heavy atom. The molecule has 4 nitrogen and oxygen atoms in total. The third kappa shape index (κ3) is 4.08. The third-order valence-corrected chi connectivity index (χ3v) is 3.49. The number of nitrogens with zero attached hydrogens (tertiary/aromatic N) is 1. The van der Waals surface area contributed by atoms with Crippen molar-refractivity contribution in [3.63, 3.8) is 0 Å². The van der Waals surface area contributed by atoms with Crippen molar-refractivity contribution in [2.24, 2.45) is 0 Å². The fourth-order valence-corrected chi connectivity index (χ4v) is 2.70. The van der Waals surface area contributed by atoms with Crippen molar-refractivity contribution < 1.29 is 4.79 Å². The number of aromatic nitrogens is 1. The van der Waals surface area contributed by atoms with Crippen LogP contribution in [0.5, 0.6) is 0 Å². The Hall–Kier alpha value is -1.33. The van der Waals surface area contributed by atoms with Crippen LogP contribution in [0.3, 0.4) is 0 Å². The van der Waals surface area contributed by atoms with Crippen LogP contribution >= 0.6 is 27.5 Å². The number of nitrogens with one attached hydrogen (secondary N) is 2. The van der Waals surface area contributed by atoms with E-state index in [1.54, 1.807) is 0 Å². The van der Waals surface area contributed by atoms with Crippen molar-refractivity contribution in [3.05, 3.63) is 33.8 Å². The zero-order chi connectivity index (χ0) is 14.5. The first kappa shape index (κ1) is 15.1. The van der Waals surface area contributed by atoms with E-state index in [0.717, 1.165) is 34.2 Å². The molecule has 0 atom stereocenters. The molecule has 0 saturated heterocycles. The molecule has 0 spiro atoms. The summed E-state index contributed by atoms with van der Waals surface area (Å²) >= 11 is 9.60. The second kappa shape index (κ2) is 6.90. The summed E-state index contributed by atoms with van der Waals surface area (Å²) in [5.74, 6) is 0.774. The van der Waals surface area contributed by atoms with Gasteiger partial charge in [0, 0.05) is 29.9 Å². The maximum absolute atomic E-state index is 10.7. The molecule has 2 N–H and O–H groups in total. The van der Waals surface area contributed by atoms with Gasteiger partial charge in [-0.15, -0.1) is 0 Å². The van der Waals surface area contributed by atoms with Crippen molar-refractivity contribution in [2.45, 2.75) is 13.3 Å². The summed E-state index contributed by atoms with van der Waals surface area (Å²) in [6, 6.07) is 7.71. The second-order valence-corrected chi connectivity index (χ2v) is 5.74. The zero-order valence-electron chi connectivity index (χ0n) is 11.0. The van der Waals surface area contributed by atoms with E-state index in [9.17, 15) is 4.79 Å². The first-order chi connectivity index (χ1) is 9.56. The highest BCUT2D eigenvalue weighted by Gasteiger charge is 2.04. The number of halogens is 2. The Bertz CT molecular complexity index is 633. The first-order valence-corrected chi connectivity index (χ1v) is 7.47. The van der Waals surface area contributed by atoms with Crippen LogP contribution in [-0.2, 0) is 4.79 Å². The molecule has 0 radical (unpaired) electrons. The molecule has 0 aliphatic heterocycles. The van der Waals surface area contributed by atoms with E-state index in [1.807, 2.05) is 24.3 Å². The normalized spacial score (nSPS) is 10.6. The van der Waals surface area contributed by atoms with Crippen molar-refractivity contribution in [3.8, 4) is 0 Å². The summed E-state index contributed by atoms with van der Waals surface area (Å²) in [6.45, 7) is 2.91. The summed E-state index contributed by atoms with van der Waals surface area (Å²) in [7, 11) is 0. The fourth-order valence-electron chi connectivity index (χ4n) is 1.83. The number of hydrogen-bond acceptors (Lipinski definition) is 3. The van der Waals surface area contributed by atoms with E-state index >= 15 is 0 Å². The predicted molar refractivity (Wildman–Crippen MR) is 86.2 cm³/mol. The summed E-state index contributed by atoms with van der Waals surface area (Å²) in [6.07, 6.45) is 0.841. The van der Waals surface area contributed by atoms with Gasteiger partial charge in [0.2, 0.25) is 5.91 Å². The van der Waals surface area contributed by atoms with Gasteiger partial charge in [-0.3, -0.25) is 4.79 Å². The number of anilines is 1. The van der Waals surface area contributed by atoms with E-state index in [0.29, 0.717) is 11.6 Å². The lowest BCUT2D eigenvalue weighted by atomic mass is 10.2. The van der Waals surface area contributed by atoms with E-state index in [2.05, 4.69) is 31.5 Å². The monoisotopic (exact) mass is 355 g/mol. The van der Waals surface area contributed by atoms with Crippen LogP contribution in [0.4, 0.5) is 5.82 Å². The summed E-state index contributed by atoms with van der Waals surface area (Å²) in [5.41, 5.74) is 0.779. The highest BCUT2D eigenvalue weighted by atomic mass is 79.9. The Balaban J connectivity index is 1.99. The van der Waals surface area contributed by atoms with E-state index in [1.165, 1.54) is 6.92 Å². The Kier molecular flexibility index (Phi) is 5.20. The lowest BCUT2D eigenvalue weighted by Gasteiger charge is -2.08. The Labute approximate surface area is 131 Å². The molecule has 1 heterocycles. The van der Waals surface area contributed by atoms with Crippen molar-refractivity contribution in [2.75, 3.05) is 18.4 Å². The molecule has 106 valence electrons. The number of hydrogen-bond donors (Lipinski definition) is 2. The number of carbonyl (C=O) groups is 1. The minimum absolute atomic E-state index is 0.00816. The quantitative estimate of drug-likeness (QED) is 0.805. The average Bonchev–Trinajstić information content (AvgIpc) is 2.38. The Morgan fingerprint density at radius 1 is 1.35 bits per heavy atom. The lowest BCUT2D eigenvalue weighted by Crippen LogP contribution is -2.22.